The lowest BCUT2D eigenvalue weighted by Gasteiger charge is -2.19. The molecule has 1 saturated carbocycles. The second-order valence-electron chi connectivity index (χ2n) is 6.88. The molecule has 0 atom stereocenters. The molecule has 1 aromatic heterocycles. The van der Waals surface area contributed by atoms with Gasteiger partial charge in [0.25, 0.3) is 0 Å². The van der Waals surface area contributed by atoms with E-state index in [4.69, 9.17) is 13.9 Å². The zero-order valence-electron chi connectivity index (χ0n) is 15.4. The van der Waals surface area contributed by atoms with Crippen LogP contribution in [0, 0.1) is 13.8 Å². The smallest absolute Gasteiger partial charge is 0.231 e. The Hall–Kier alpha value is -2.70. The minimum atomic E-state index is 0.134. The van der Waals surface area contributed by atoms with E-state index in [1.807, 2.05) is 19.9 Å². The van der Waals surface area contributed by atoms with E-state index in [9.17, 15) is 0 Å². The van der Waals surface area contributed by atoms with Crippen molar-refractivity contribution in [2.75, 3.05) is 20.4 Å². The topological polar surface area (TPSA) is 80.9 Å². The van der Waals surface area contributed by atoms with Gasteiger partial charge in [-0.2, -0.15) is 0 Å². The van der Waals surface area contributed by atoms with Gasteiger partial charge in [0.15, 0.2) is 17.5 Å². The molecular weight excluding hydrogens is 332 g/mol. The molecule has 1 aliphatic carbocycles. The normalized spacial score (nSPS) is 17.3. The van der Waals surface area contributed by atoms with Crippen LogP contribution in [0.15, 0.2) is 27.6 Å². The Morgan fingerprint density at radius 1 is 1.19 bits per heavy atom. The minimum absolute atomic E-state index is 0.134. The second-order valence-corrected chi connectivity index (χ2v) is 6.88. The molecule has 2 heterocycles. The van der Waals surface area contributed by atoms with E-state index in [1.165, 1.54) is 5.56 Å². The summed E-state index contributed by atoms with van der Waals surface area (Å²) in [5, 5.41) is 6.69. The number of ether oxygens (including phenoxy) is 2. The molecule has 26 heavy (non-hydrogen) atoms. The van der Waals surface area contributed by atoms with Gasteiger partial charge in [0, 0.05) is 19.0 Å². The number of oxazole rings is 1. The Labute approximate surface area is 152 Å². The van der Waals surface area contributed by atoms with Crippen molar-refractivity contribution in [3.8, 4) is 11.5 Å². The van der Waals surface area contributed by atoms with E-state index in [0.29, 0.717) is 19.2 Å². The summed E-state index contributed by atoms with van der Waals surface area (Å²) in [4.78, 5) is 8.68. The molecule has 2 N–H and O–H groups in total. The van der Waals surface area contributed by atoms with Gasteiger partial charge in [-0.3, -0.25) is 4.99 Å². The Morgan fingerprint density at radius 3 is 2.69 bits per heavy atom. The molecule has 0 spiro atoms. The Bertz CT molecular complexity index is 820. The summed E-state index contributed by atoms with van der Waals surface area (Å²) in [6.45, 7) is 5.49. The van der Waals surface area contributed by atoms with Crippen molar-refractivity contribution < 1.29 is 13.9 Å². The number of aryl methyl sites for hydroxylation is 2. The first-order chi connectivity index (χ1) is 12.6. The van der Waals surface area contributed by atoms with Crippen LogP contribution in [-0.4, -0.2) is 31.3 Å². The average Bonchev–Trinajstić information content (AvgIpc) is 3.16. The first-order valence-corrected chi connectivity index (χ1v) is 8.87. The predicted molar refractivity (Wildman–Crippen MR) is 97.7 cm³/mol. The molecule has 1 aromatic carbocycles. The lowest BCUT2D eigenvalue weighted by Crippen LogP contribution is -2.40. The number of hydrogen-bond donors (Lipinski definition) is 2. The first-order valence-electron chi connectivity index (χ1n) is 8.87. The maximum Gasteiger partial charge on any atom is 0.231 e. The number of nitrogens with one attached hydrogen (secondary N) is 2. The van der Waals surface area contributed by atoms with Crippen LogP contribution in [0.4, 0.5) is 0 Å². The van der Waals surface area contributed by atoms with Gasteiger partial charge in [-0.15, -0.1) is 0 Å². The van der Waals surface area contributed by atoms with E-state index in [2.05, 4.69) is 32.7 Å². The van der Waals surface area contributed by atoms with Crippen LogP contribution in [-0.2, 0) is 12.0 Å². The molecule has 0 bridgehead atoms. The van der Waals surface area contributed by atoms with Crippen LogP contribution >= 0.6 is 0 Å². The standard InChI is InChI=1S/C19H24N4O3/c1-12-13(2)26-17(23-12)9-21-18(20-3)22-10-19(6-7-19)14-4-5-15-16(8-14)25-11-24-15/h4-5,8H,6-7,9-11H2,1-3H3,(H2,20,21,22). The molecule has 7 heteroatoms. The van der Waals surface area contributed by atoms with Crippen LogP contribution < -0.4 is 20.1 Å². The van der Waals surface area contributed by atoms with Crippen molar-refractivity contribution in [2.24, 2.45) is 4.99 Å². The van der Waals surface area contributed by atoms with Crippen LogP contribution in [0.5, 0.6) is 11.5 Å². The van der Waals surface area contributed by atoms with Gasteiger partial charge in [0.1, 0.15) is 5.76 Å². The van der Waals surface area contributed by atoms with E-state index in [-0.39, 0.29) is 5.41 Å². The zero-order chi connectivity index (χ0) is 18.1. The Balaban J connectivity index is 1.36. The summed E-state index contributed by atoms with van der Waals surface area (Å²) in [6, 6.07) is 6.24. The third kappa shape index (κ3) is 3.21. The Morgan fingerprint density at radius 2 is 2.00 bits per heavy atom. The van der Waals surface area contributed by atoms with Gasteiger partial charge >= 0.3 is 0 Å². The number of benzene rings is 1. The fraction of sp³-hybridized carbons (Fsp3) is 0.474. The first kappa shape index (κ1) is 16.8. The molecule has 2 aliphatic rings. The highest BCUT2D eigenvalue weighted by Crippen LogP contribution is 2.49. The summed E-state index contributed by atoms with van der Waals surface area (Å²) in [5.41, 5.74) is 2.34. The van der Waals surface area contributed by atoms with Gasteiger partial charge in [0.05, 0.1) is 12.2 Å². The number of nitrogens with zero attached hydrogens (tertiary/aromatic N) is 2. The molecule has 4 rings (SSSR count). The summed E-state index contributed by atoms with van der Waals surface area (Å²) < 4.78 is 16.5. The summed E-state index contributed by atoms with van der Waals surface area (Å²) >= 11 is 0. The lowest BCUT2D eigenvalue weighted by atomic mass is 9.95. The fourth-order valence-corrected chi connectivity index (χ4v) is 3.19. The van der Waals surface area contributed by atoms with E-state index in [0.717, 1.165) is 48.3 Å². The third-order valence-corrected chi connectivity index (χ3v) is 5.14. The van der Waals surface area contributed by atoms with E-state index in [1.54, 1.807) is 7.05 Å². The maximum absolute atomic E-state index is 5.60. The highest BCUT2D eigenvalue weighted by molar-refractivity contribution is 5.79. The summed E-state index contributed by atoms with van der Waals surface area (Å²) in [6.07, 6.45) is 2.30. The van der Waals surface area contributed by atoms with Gasteiger partial charge in [-0.25, -0.2) is 4.98 Å². The van der Waals surface area contributed by atoms with Crippen LogP contribution in [0.2, 0.25) is 0 Å². The molecule has 7 nitrogen and oxygen atoms in total. The second kappa shape index (κ2) is 6.55. The monoisotopic (exact) mass is 356 g/mol. The largest absolute Gasteiger partial charge is 0.454 e. The van der Waals surface area contributed by atoms with Gasteiger partial charge in [0.2, 0.25) is 12.7 Å². The molecule has 138 valence electrons. The van der Waals surface area contributed by atoms with Crippen LogP contribution in [0.25, 0.3) is 0 Å². The molecule has 1 fully saturated rings. The lowest BCUT2D eigenvalue weighted by molar-refractivity contribution is 0.174. The van der Waals surface area contributed by atoms with Gasteiger partial charge < -0.3 is 24.5 Å². The highest BCUT2D eigenvalue weighted by atomic mass is 16.7. The van der Waals surface area contributed by atoms with Crippen molar-refractivity contribution in [3.63, 3.8) is 0 Å². The third-order valence-electron chi connectivity index (χ3n) is 5.14. The minimum Gasteiger partial charge on any atom is -0.454 e. The zero-order valence-corrected chi connectivity index (χ0v) is 15.4. The number of aliphatic imine (C=N–C) groups is 1. The van der Waals surface area contributed by atoms with Crippen molar-refractivity contribution in [1.29, 1.82) is 0 Å². The Kier molecular flexibility index (Phi) is 4.22. The average molecular weight is 356 g/mol. The highest BCUT2D eigenvalue weighted by Gasteiger charge is 2.44. The molecule has 0 amide bonds. The van der Waals surface area contributed by atoms with Crippen molar-refractivity contribution >= 4 is 5.96 Å². The number of hydrogen-bond acceptors (Lipinski definition) is 5. The van der Waals surface area contributed by atoms with E-state index >= 15 is 0 Å². The number of fused-ring (bicyclic) bond motifs is 1. The number of rotatable bonds is 5. The van der Waals surface area contributed by atoms with Crippen molar-refractivity contribution in [3.05, 3.63) is 41.1 Å². The summed E-state index contributed by atoms with van der Waals surface area (Å²) in [5.74, 6) is 3.92. The molecule has 1 aliphatic heterocycles. The maximum atomic E-state index is 5.60. The number of guanidine groups is 1. The van der Waals surface area contributed by atoms with Crippen molar-refractivity contribution in [1.82, 2.24) is 15.6 Å². The molecule has 0 radical (unpaired) electrons. The van der Waals surface area contributed by atoms with Gasteiger partial charge in [-0.1, -0.05) is 6.07 Å². The predicted octanol–water partition coefficient (Wildman–Crippen LogP) is 2.42. The SMILES string of the molecule is CN=C(NCc1nc(C)c(C)o1)NCC1(c2ccc3c(c2)OCO3)CC1. The van der Waals surface area contributed by atoms with Crippen molar-refractivity contribution in [2.45, 2.75) is 38.6 Å². The number of aromatic nitrogens is 1. The van der Waals surface area contributed by atoms with Crippen LogP contribution in [0.3, 0.4) is 0 Å². The molecular formula is C19H24N4O3. The molecule has 0 saturated heterocycles. The van der Waals surface area contributed by atoms with E-state index < -0.39 is 0 Å². The fourth-order valence-electron chi connectivity index (χ4n) is 3.19. The van der Waals surface area contributed by atoms with Crippen LogP contribution in [0.1, 0.15) is 35.7 Å². The quantitative estimate of drug-likeness (QED) is 0.633. The molecule has 2 aromatic rings. The van der Waals surface area contributed by atoms with Gasteiger partial charge in [-0.05, 0) is 44.4 Å². The molecule has 0 unspecified atom stereocenters. The summed E-state index contributed by atoms with van der Waals surface area (Å²) in [7, 11) is 1.77.